The Balaban J connectivity index is 0.00000264. The Bertz CT molecular complexity index is 484. The molecule has 0 bridgehead atoms. The average molecular weight is 368 g/mol. The Morgan fingerprint density at radius 3 is 2.48 bits per heavy atom. The Kier molecular flexibility index (Phi) is 7.77. The molecule has 2 N–H and O–H groups in total. The van der Waals surface area contributed by atoms with Gasteiger partial charge in [0.15, 0.2) is 0 Å². The number of rotatable bonds is 5. The van der Waals surface area contributed by atoms with Gasteiger partial charge in [-0.1, -0.05) is 6.92 Å². The lowest BCUT2D eigenvalue weighted by Crippen LogP contribution is -2.59. The predicted molar refractivity (Wildman–Crippen MR) is 94.3 cm³/mol. The summed E-state index contributed by atoms with van der Waals surface area (Å²) in [6.45, 7) is 5.75. The minimum atomic E-state index is -3.11. The highest BCUT2D eigenvalue weighted by atomic mass is 35.5. The van der Waals surface area contributed by atoms with Crippen LogP contribution in [-0.2, 0) is 14.8 Å². The molecule has 2 rings (SSSR count). The molecule has 2 saturated heterocycles. The van der Waals surface area contributed by atoms with Crippen LogP contribution in [0.5, 0.6) is 0 Å². The molecule has 0 radical (unpaired) electrons. The highest BCUT2D eigenvalue weighted by Gasteiger charge is 2.36. The normalized spacial score (nSPS) is 27.2. The van der Waals surface area contributed by atoms with E-state index in [-0.39, 0.29) is 30.1 Å². The second-order valence-corrected chi connectivity index (χ2v) is 8.77. The maximum absolute atomic E-state index is 12.5. The molecule has 2 fully saturated rings. The van der Waals surface area contributed by atoms with Crippen LogP contribution in [0.25, 0.3) is 0 Å². The standard InChI is InChI=1S/C15H29N3O3S.ClH/c1-3-12-22(20,21)18-10-6-13(7-11-18)17-14(19)15(2)8-4-5-9-16-15;/h13,16H,3-12H2,1-2H3,(H,17,19);1H. The number of nitrogens with one attached hydrogen (secondary N) is 2. The van der Waals surface area contributed by atoms with Gasteiger partial charge >= 0.3 is 0 Å². The number of nitrogens with zero attached hydrogens (tertiary/aromatic N) is 1. The third-order valence-corrected chi connectivity index (χ3v) is 6.84. The van der Waals surface area contributed by atoms with Crippen molar-refractivity contribution in [2.45, 2.75) is 64.0 Å². The summed E-state index contributed by atoms with van der Waals surface area (Å²) in [5.74, 6) is 0.272. The molecule has 8 heteroatoms. The van der Waals surface area contributed by atoms with Crippen LogP contribution < -0.4 is 10.6 Å². The molecule has 0 aromatic heterocycles. The number of sulfonamides is 1. The van der Waals surface area contributed by atoms with Gasteiger partial charge in [-0.3, -0.25) is 4.79 Å². The second-order valence-electron chi connectivity index (χ2n) is 6.68. The van der Waals surface area contributed by atoms with Crippen molar-refractivity contribution in [3.8, 4) is 0 Å². The maximum atomic E-state index is 12.5. The SMILES string of the molecule is CCCS(=O)(=O)N1CCC(NC(=O)C2(C)CCCCN2)CC1.Cl. The Morgan fingerprint density at radius 2 is 1.96 bits per heavy atom. The second kappa shape index (κ2) is 8.65. The molecule has 6 nitrogen and oxygen atoms in total. The number of piperidine rings is 2. The Labute approximate surface area is 146 Å². The largest absolute Gasteiger partial charge is 0.352 e. The van der Waals surface area contributed by atoms with Gasteiger partial charge in [-0.15, -0.1) is 12.4 Å². The summed E-state index contributed by atoms with van der Waals surface area (Å²) < 4.78 is 25.7. The van der Waals surface area contributed by atoms with E-state index in [9.17, 15) is 13.2 Å². The fraction of sp³-hybridized carbons (Fsp3) is 0.933. The van der Waals surface area contributed by atoms with E-state index in [1.165, 1.54) is 0 Å². The summed E-state index contributed by atoms with van der Waals surface area (Å²) in [6.07, 6.45) is 5.10. The zero-order valence-corrected chi connectivity index (χ0v) is 15.8. The van der Waals surface area contributed by atoms with Gasteiger partial charge in [0.2, 0.25) is 15.9 Å². The van der Waals surface area contributed by atoms with Crippen LogP contribution in [0, 0.1) is 0 Å². The monoisotopic (exact) mass is 367 g/mol. The number of amides is 1. The van der Waals surface area contributed by atoms with E-state index in [1.54, 1.807) is 4.31 Å². The highest BCUT2D eigenvalue weighted by molar-refractivity contribution is 7.89. The summed E-state index contributed by atoms with van der Waals surface area (Å²) in [5.41, 5.74) is -0.469. The van der Waals surface area contributed by atoms with Gasteiger partial charge in [0, 0.05) is 19.1 Å². The summed E-state index contributed by atoms with van der Waals surface area (Å²) in [7, 11) is -3.11. The molecule has 1 amide bonds. The zero-order chi connectivity index (χ0) is 16.2. The third kappa shape index (κ3) is 5.31. The molecule has 1 unspecified atom stereocenters. The van der Waals surface area contributed by atoms with E-state index in [0.717, 1.165) is 25.8 Å². The smallest absolute Gasteiger partial charge is 0.240 e. The molecular formula is C15H30ClN3O3S. The van der Waals surface area contributed by atoms with Gasteiger partial charge in [-0.05, 0) is 52.0 Å². The van der Waals surface area contributed by atoms with E-state index in [4.69, 9.17) is 0 Å². The molecule has 23 heavy (non-hydrogen) atoms. The summed E-state index contributed by atoms with van der Waals surface area (Å²) >= 11 is 0. The molecular weight excluding hydrogens is 338 g/mol. The molecule has 1 atom stereocenters. The first-order valence-corrected chi connectivity index (χ1v) is 10.0. The fourth-order valence-corrected chi connectivity index (χ4v) is 4.80. The third-order valence-electron chi connectivity index (χ3n) is 4.76. The van der Waals surface area contributed by atoms with Crippen LogP contribution >= 0.6 is 12.4 Å². The lowest BCUT2D eigenvalue weighted by molar-refractivity contribution is -0.128. The van der Waals surface area contributed by atoms with Gasteiger partial charge in [0.25, 0.3) is 0 Å². The van der Waals surface area contributed by atoms with Crippen LogP contribution in [0.4, 0.5) is 0 Å². The van der Waals surface area contributed by atoms with E-state index >= 15 is 0 Å². The van der Waals surface area contributed by atoms with Crippen LogP contribution in [0.2, 0.25) is 0 Å². The molecule has 2 aliphatic heterocycles. The van der Waals surface area contributed by atoms with Gasteiger partial charge in [-0.25, -0.2) is 12.7 Å². The number of hydrogen-bond acceptors (Lipinski definition) is 4. The lowest BCUT2D eigenvalue weighted by atomic mass is 9.89. The van der Waals surface area contributed by atoms with Crippen molar-refractivity contribution in [2.75, 3.05) is 25.4 Å². The highest BCUT2D eigenvalue weighted by Crippen LogP contribution is 2.21. The average Bonchev–Trinajstić information content (AvgIpc) is 2.48. The first-order valence-electron chi connectivity index (χ1n) is 8.41. The number of hydrogen-bond donors (Lipinski definition) is 2. The first kappa shape index (κ1) is 20.7. The topological polar surface area (TPSA) is 78.5 Å². The van der Waals surface area contributed by atoms with E-state index in [0.29, 0.717) is 32.4 Å². The van der Waals surface area contributed by atoms with Crippen LogP contribution in [0.3, 0.4) is 0 Å². The fourth-order valence-electron chi connectivity index (χ4n) is 3.26. The van der Waals surface area contributed by atoms with Crippen LogP contribution in [0.15, 0.2) is 0 Å². The number of carbonyl (C=O) groups is 1. The lowest BCUT2D eigenvalue weighted by Gasteiger charge is -2.37. The predicted octanol–water partition coefficient (Wildman–Crippen LogP) is 1.26. The molecule has 0 spiro atoms. The molecule has 2 heterocycles. The van der Waals surface area contributed by atoms with Crippen molar-refractivity contribution in [3.63, 3.8) is 0 Å². The van der Waals surface area contributed by atoms with E-state index in [2.05, 4.69) is 10.6 Å². The zero-order valence-electron chi connectivity index (χ0n) is 14.1. The number of carbonyl (C=O) groups excluding carboxylic acids is 1. The summed E-state index contributed by atoms with van der Waals surface area (Å²) in [4.78, 5) is 12.5. The van der Waals surface area contributed by atoms with Crippen molar-refractivity contribution in [2.24, 2.45) is 0 Å². The molecule has 0 saturated carbocycles. The summed E-state index contributed by atoms with van der Waals surface area (Å²) in [5, 5.41) is 6.43. The van der Waals surface area contributed by atoms with Gasteiger partial charge in [-0.2, -0.15) is 0 Å². The van der Waals surface area contributed by atoms with Crippen molar-refractivity contribution >= 4 is 28.3 Å². The first-order chi connectivity index (χ1) is 10.4. The van der Waals surface area contributed by atoms with Crippen molar-refractivity contribution in [3.05, 3.63) is 0 Å². The van der Waals surface area contributed by atoms with Crippen molar-refractivity contribution in [1.29, 1.82) is 0 Å². The maximum Gasteiger partial charge on any atom is 0.240 e. The molecule has 0 aromatic carbocycles. The van der Waals surface area contributed by atoms with Crippen molar-refractivity contribution < 1.29 is 13.2 Å². The van der Waals surface area contributed by atoms with Crippen LogP contribution in [-0.4, -0.2) is 55.6 Å². The Morgan fingerprint density at radius 1 is 1.30 bits per heavy atom. The van der Waals surface area contributed by atoms with Gasteiger partial charge < -0.3 is 10.6 Å². The van der Waals surface area contributed by atoms with E-state index < -0.39 is 15.6 Å². The molecule has 136 valence electrons. The van der Waals surface area contributed by atoms with Gasteiger partial charge in [0.05, 0.1) is 11.3 Å². The summed E-state index contributed by atoms with van der Waals surface area (Å²) in [6, 6.07) is 0.0844. The molecule has 0 aromatic rings. The Hall–Kier alpha value is -0.370. The number of halogens is 1. The van der Waals surface area contributed by atoms with Gasteiger partial charge in [0.1, 0.15) is 0 Å². The molecule has 0 aliphatic carbocycles. The minimum absolute atomic E-state index is 0. The van der Waals surface area contributed by atoms with Crippen LogP contribution in [0.1, 0.15) is 52.4 Å². The van der Waals surface area contributed by atoms with E-state index in [1.807, 2.05) is 13.8 Å². The molecule has 2 aliphatic rings. The van der Waals surface area contributed by atoms with Crippen molar-refractivity contribution in [1.82, 2.24) is 14.9 Å². The minimum Gasteiger partial charge on any atom is -0.352 e. The quantitative estimate of drug-likeness (QED) is 0.766.